The van der Waals surface area contributed by atoms with Crippen LogP contribution < -0.4 is 0 Å². The van der Waals surface area contributed by atoms with E-state index in [-0.39, 0.29) is 36.6 Å². The van der Waals surface area contributed by atoms with Crippen LogP contribution in [0.5, 0.6) is 0 Å². The molecule has 0 unspecified atom stereocenters. The number of hydrogen-bond donors (Lipinski definition) is 0. The molecule has 1 aromatic heterocycles. The van der Waals surface area contributed by atoms with E-state index in [4.69, 9.17) is 26.9 Å². The number of ether oxygens (including phenoxy) is 1. The van der Waals surface area contributed by atoms with E-state index in [1.165, 1.54) is 9.58 Å². The predicted octanol–water partition coefficient (Wildman–Crippen LogP) is 2.65. The molecule has 1 aromatic carbocycles. The lowest BCUT2D eigenvalue weighted by atomic mass is 10.2. The molecule has 0 saturated carbocycles. The van der Waals surface area contributed by atoms with E-state index in [1.54, 1.807) is 19.1 Å². The van der Waals surface area contributed by atoms with Crippen LogP contribution in [0.2, 0.25) is 5.15 Å². The predicted molar refractivity (Wildman–Crippen MR) is 101 cm³/mol. The molecular formula is C19H18ClN5O3. The maximum Gasteiger partial charge on any atom is 0.343 e. The molecule has 2 rings (SSSR count). The summed E-state index contributed by atoms with van der Waals surface area (Å²) in [6.45, 7) is 1.44. The fourth-order valence-corrected chi connectivity index (χ4v) is 2.84. The van der Waals surface area contributed by atoms with Gasteiger partial charge in [0.1, 0.15) is 10.7 Å². The van der Waals surface area contributed by atoms with Crippen molar-refractivity contribution < 1.29 is 14.3 Å². The van der Waals surface area contributed by atoms with Gasteiger partial charge < -0.3 is 9.64 Å². The van der Waals surface area contributed by atoms with Crippen LogP contribution in [0, 0.1) is 29.6 Å². The van der Waals surface area contributed by atoms with Crippen LogP contribution in [-0.2, 0) is 9.53 Å². The van der Waals surface area contributed by atoms with E-state index in [0.29, 0.717) is 11.4 Å². The molecule has 144 valence electrons. The van der Waals surface area contributed by atoms with E-state index < -0.39 is 18.5 Å². The number of hydrogen-bond acceptors (Lipinski definition) is 6. The Balaban J connectivity index is 2.09. The molecule has 0 aliphatic heterocycles. The average Bonchev–Trinajstić information content (AvgIpc) is 3.01. The Labute approximate surface area is 167 Å². The number of halogens is 1. The second kappa shape index (κ2) is 10.1. The fourth-order valence-electron chi connectivity index (χ4n) is 2.49. The molecule has 0 spiro atoms. The zero-order valence-electron chi connectivity index (χ0n) is 15.3. The Morgan fingerprint density at radius 1 is 1.18 bits per heavy atom. The van der Waals surface area contributed by atoms with Crippen molar-refractivity contribution in [3.8, 4) is 17.8 Å². The highest BCUT2D eigenvalue weighted by atomic mass is 35.5. The molecule has 1 amide bonds. The molecule has 0 aliphatic rings. The summed E-state index contributed by atoms with van der Waals surface area (Å²) in [4.78, 5) is 26.0. The number of rotatable bonds is 8. The third-order valence-corrected chi connectivity index (χ3v) is 4.22. The number of aromatic nitrogens is 2. The van der Waals surface area contributed by atoms with Crippen LogP contribution in [0.1, 0.15) is 28.9 Å². The smallest absolute Gasteiger partial charge is 0.343 e. The van der Waals surface area contributed by atoms with Gasteiger partial charge in [-0.15, -0.1) is 0 Å². The van der Waals surface area contributed by atoms with Crippen molar-refractivity contribution in [2.75, 3.05) is 19.7 Å². The number of carbonyl (C=O) groups excluding carboxylic acids is 2. The lowest BCUT2D eigenvalue weighted by Crippen LogP contribution is -2.36. The lowest BCUT2D eigenvalue weighted by Gasteiger charge is -2.20. The zero-order chi connectivity index (χ0) is 20.5. The van der Waals surface area contributed by atoms with Crippen molar-refractivity contribution >= 4 is 23.5 Å². The van der Waals surface area contributed by atoms with E-state index in [1.807, 2.05) is 30.3 Å². The van der Waals surface area contributed by atoms with Gasteiger partial charge in [0.25, 0.3) is 5.91 Å². The first-order chi connectivity index (χ1) is 13.5. The minimum atomic E-state index is -0.765. The molecule has 0 atom stereocenters. The van der Waals surface area contributed by atoms with Gasteiger partial charge in [-0.25, -0.2) is 9.48 Å². The van der Waals surface area contributed by atoms with Gasteiger partial charge in [0.2, 0.25) is 0 Å². The summed E-state index contributed by atoms with van der Waals surface area (Å²) in [7, 11) is 0. The van der Waals surface area contributed by atoms with E-state index in [9.17, 15) is 9.59 Å². The number of carbonyl (C=O) groups is 2. The van der Waals surface area contributed by atoms with Crippen molar-refractivity contribution in [1.82, 2.24) is 14.7 Å². The van der Waals surface area contributed by atoms with E-state index in [2.05, 4.69) is 5.10 Å². The highest BCUT2D eigenvalue weighted by Gasteiger charge is 2.24. The Kier molecular flexibility index (Phi) is 7.55. The Hall–Kier alpha value is -3.36. The maximum atomic E-state index is 12.5. The summed E-state index contributed by atoms with van der Waals surface area (Å²) in [5.41, 5.74) is 1.14. The summed E-state index contributed by atoms with van der Waals surface area (Å²) in [5.74, 6) is -1.25. The minimum absolute atomic E-state index is 0.0823. The number of nitrogens with zero attached hydrogens (tertiary/aromatic N) is 5. The molecule has 0 aliphatic carbocycles. The molecule has 2 aromatic rings. The molecule has 0 bridgehead atoms. The second-order valence-electron chi connectivity index (χ2n) is 5.77. The number of amides is 1. The van der Waals surface area contributed by atoms with Gasteiger partial charge in [0, 0.05) is 13.1 Å². The normalized spacial score (nSPS) is 10.0. The summed E-state index contributed by atoms with van der Waals surface area (Å²) >= 11 is 6.31. The molecule has 1 heterocycles. The first-order valence-corrected chi connectivity index (χ1v) is 8.86. The number of aryl methyl sites for hydroxylation is 1. The van der Waals surface area contributed by atoms with Gasteiger partial charge in [0.05, 0.1) is 36.4 Å². The van der Waals surface area contributed by atoms with Gasteiger partial charge in [-0.3, -0.25) is 4.79 Å². The highest BCUT2D eigenvalue weighted by molar-refractivity contribution is 6.33. The SMILES string of the molecule is Cc1nn(-c2ccccc2)c(Cl)c1C(=O)OCC(=O)N(CCC#N)CCC#N. The molecule has 28 heavy (non-hydrogen) atoms. The number of nitriles is 2. The Morgan fingerprint density at radius 2 is 1.79 bits per heavy atom. The lowest BCUT2D eigenvalue weighted by molar-refractivity contribution is -0.134. The van der Waals surface area contributed by atoms with Crippen LogP contribution in [0.3, 0.4) is 0 Å². The maximum absolute atomic E-state index is 12.5. The summed E-state index contributed by atoms with van der Waals surface area (Å²) in [6, 6.07) is 12.9. The van der Waals surface area contributed by atoms with Crippen LogP contribution in [-0.4, -0.2) is 46.3 Å². The van der Waals surface area contributed by atoms with E-state index in [0.717, 1.165) is 0 Å². The first-order valence-electron chi connectivity index (χ1n) is 8.49. The highest BCUT2D eigenvalue weighted by Crippen LogP contribution is 2.24. The van der Waals surface area contributed by atoms with Crippen molar-refractivity contribution in [3.63, 3.8) is 0 Å². The topological polar surface area (TPSA) is 112 Å². The van der Waals surface area contributed by atoms with Crippen molar-refractivity contribution in [2.45, 2.75) is 19.8 Å². The van der Waals surface area contributed by atoms with E-state index >= 15 is 0 Å². The molecule has 0 N–H and O–H groups in total. The third-order valence-electron chi connectivity index (χ3n) is 3.88. The summed E-state index contributed by atoms with van der Waals surface area (Å²) in [5, 5.41) is 21.7. The van der Waals surface area contributed by atoms with Crippen LogP contribution in [0.15, 0.2) is 30.3 Å². The quantitative estimate of drug-likeness (QED) is 0.630. The average molecular weight is 400 g/mol. The monoisotopic (exact) mass is 399 g/mol. The molecular weight excluding hydrogens is 382 g/mol. The number of para-hydroxylation sites is 1. The Morgan fingerprint density at radius 3 is 2.36 bits per heavy atom. The largest absolute Gasteiger partial charge is 0.452 e. The van der Waals surface area contributed by atoms with Gasteiger partial charge in [0.15, 0.2) is 6.61 Å². The molecule has 0 saturated heterocycles. The molecule has 9 heteroatoms. The number of benzene rings is 1. The number of esters is 1. The van der Waals surface area contributed by atoms with Crippen molar-refractivity contribution in [1.29, 1.82) is 10.5 Å². The van der Waals surface area contributed by atoms with Crippen molar-refractivity contribution in [3.05, 3.63) is 46.7 Å². The minimum Gasteiger partial charge on any atom is -0.452 e. The molecule has 0 fully saturated rings. The molecule has 8 nitrogen and oxygen atoms in total. The van der Waals surface area contributed by atoms with Gasteiger partial charge >= 0.3 is 5.97 Å². The summed E-state index contributed by atoms with van der Waals surface area (Å²) in [6.07, 6.45) is 0.250. The second-order valence-corrected chi connectivity index (χ2v) is 6.13. The Bertz CT molecular complexity index is 910. The van der Waals surface area contributed by atoms with Gasteiger partial charge in [-0.05, 0) is 19.1 Å². The van der Waals surface area contributed by atoms with Crippen LogP contribution in [0.25, 0.3) is 5.69 Å². The zero-order valence-corrected chi connectivity index (χ0v) is 16.0. The molecule has 0 radical (unpaired) electrons. The summed E-state index contributed by atoms with van der Waals surface area (Å²) < 4.78 is 6.53. The van der Waals surface area contributed by atoms with Gasteiger partial charge in [-0.1, -0.05) is 29.8 Å². The van der Waals surface area contributed by atoms with Crippen LogP contribution >= 0.6 is 11.6 Å². The van der Waals surface area contributed by atoms with Crippen LogP contribution in [0.4, 0.5) is 0 Å². The fraction of sp³-hybridized carbons (Fsp3) is 0.316. The third kappa shape index (κ3) is 5.09. The van der Waals surface area contributed by atoms with Gasteiger partial charge in [-0.2, -0.15) is 15.6 Å². The standard InChI is InChI=1S/C19H18ClN5O3/c1-14-17(18(20)25(23-14)15-7-3-2-4-8-15)19(27)28-13-16(26)24(11-5-9-21)12-6-10-22/h2-4,7-8H,5-6,11-13H2,1H3. The van der Waals surface area contributed by atoms with Crippen molar-refractivity contribution in [2.24, 2.45) is 0 Å². The first kappa shape index (κ1) is 20.9.